The Hall–Kier alpha value is -8.90. The first-order chi connectivity index (χ1) is 35.0. The third-order valence-corrected chi connectivity index (χ3v) is 19.1. The molecule has 0 spiro atoms. The highest BCUT2D eigenvalue weighted by Crippen LogP contribution is 2.49. The van der Waals surface area contributed by atoms with Crippen molar-refractivity contribution < 1.29 is 0 Å². The van der Waals surface area contributed by atoms with Gasteiger partial charge in [0, 0.05) is 66.4 Å². The van der Waals surface area contributed by atoms with Gasteiger partial charge in [-0.25, -0.2) is 0 Å². The van der Waals surface area contributed by atoms with E-state index in [1.807, 2.05) is 0 Å². The maximum atomic E-state index is 2.54. The fourth-order valence-corrected chi connectivity index (χ4v) is 15.5. The van der Waals surface area contributed by atoms with E-state index >= 15 is 0 Å². The van der Waals surface area contributed by atoms with Crippen molar-refractivity contribution in [3.8, 4) is 22.5 Å². The highest BCUT2D eigenvalue weighted by molar-refractivity contribution is 7.04. The summed E-state index contributed by atoms with van der Waals surface area (Å²) in [6, 6.07) is 90.0. The molecule has 71 heavy (non-hydrogen) atoms. The predicted molar refractivity (Wildman–Crippen MR) is 304 cm³/mol. The molecule has 1 aliphatic heterocycles. The Labute approximate surface area is 412 Å². The Morgan fingerprint density at radius 3 is 1.13 bits per heavy atom. The SMILES string of the molecule is C[Si]1(C)c2cc(N(c3ccccc3)c3ccc4c5c3ccc3cccc(c35)n4-c3ccccc3)ccc2-c2ccc(N(c3ccccc3)c3ccc4c5c3ccc3cccc(c35)n4-c3ccccc3)cc21. The summed E-state index contributed by atoms with van der Waals surface area (Å²) in [4.78, 5) is 4.98. The molecule has 14 aromatic rings. The van der Waals surface area contributed by atoms with Crippen LogP contribution in [0.2, 0.25) is 13.1 Å². The van der Waals surface area contributed by atoms with E-state index in [1.165, 1.54) is 121 Å². The Balaban J connectivity index is 0.882. The third-order valence-electron chi connectivity index (χ3n) is 15.6. The summed E-state index contributed by atoms with van der Waals surface area (Å²) in [5, 5.41) is 13.1. The van der Waals surface area contributed by atoms with Crippen LogP contribution in [0.1, 0.15) is 0 Å². The van der Waals surface area contributed by atoms with Gasteiger partial charge in [0.05, 0.1) is 33.4 Å². The molecule has 0 amide bonds. The largest absolute Gasteiger partial charge is 0.310 e. The van der Waals surface area contributed by atoms with Gasteiger partial charge in [-0.3, -0.25) is 0 Å². The number of para-hydroxylation sites is 4. The summed E-state index contributed by atoms with van der Waals surface area (Å²) < 4.78 is 4.86. The lowest BCUT2D eigenvalue weighted by atomic mass is 9.99. The van der Waals surface area contributed by atoms with Gasteiger partial charge in [0.2, 0.25) is 0 Å². The van der Waals surface area contributed by atoms with Gasteiger partial charge >= 0.3 is 0 Å². The maximum absolute atomic E-state index is 2.54. The predicted octanol–water partition coefficient (Wildman–Crippen LogP) is 16.8. The third kappa shape index (κ3) is 5.72. The van der Waals surface area contributed by atoms with Crippen LogP contribution >= 0.6 is 0 Å². The van der Waals surface area contributed by atoms with E-state index in [9.17, 15) is 0 Å². The molecule has 0 saturated heterocycles. The molecular formula is C66H46N4Si. The lowest BCUT2D eigenvalue weighted by molar-refractivity contribution is 1.18. The van der Waals surface area contributed by atoms with Gasteiger partial charge in [-0.1, -0.05) is 147 Å². The molecule has 0 atom stereocenters. The van der Waals surface area contributed by atoms with Crippen molar-refractivity contribution in [2.24, 2.45) is 0 Å². The Kier molecular flexibility index (Phi) is 8.48. The highest BCUT2D eigenvalue weighted by atomic mass is 28.3. The molecule has 5 heteroatoms. The maximum Gasteiger partial charge on any atom is 0.114 e. The van der Waals surface area contributed by atoms with E-state index in [0.717, 1.165) is 11.4 Å². The number of anilines is 6. The van der Waals surface area contributed by atoms with Crippen molar-refractivity contribution in [3.05, 3.63) is 243 Å². The molecule has 15 rings (SSSR count). The van der Waals surface area contributed by atoms with Crippen molar-refractivity contribution in [2.75, 3.05) is 9.80 Å². The number of aromatic nitrogens is 2. The van der Waals surface area contributed by atoms with Gasteiger partial charge in [0.15, 0.2) is 0 Å². The molecule has 1 aliphatic rings. The van der Waals surface area contributed by atoms with Crippen LogP contribution in [0, 0.1) is 0 Å². The second-order valence-corrected chi connectivity index (χ2v) is 24.0. The van der Waals surface area contributed by atoms with E-state index in [1.54, 1.807) is 0 Å². The summed E-state index contributed by atoms with van der Waals surface area (Å²) >= 11 is 0. The zero-order valence-corrected chi connectivity index (χ0v) is 40.4. The van der Waals surface area contributed by atoms with Gasteiger partial charge < -0.3 is 18.9 Å². The molecule has 334 valence electrons. The summed E-state index contributed by atoms with van der Waals surface area (Å²) in [5.41, 5.74) is 16.9. The fourth-order valence-electron chi connectivity index (χ4n) is 12.4. The average molecular weight is 923 g/mol. The van der Waals surface area contributed by atoms with Gasteiger partial charge in [0.1, 0.15) is 8.07 Å². The number of rotatable bonds is 8. The van der Waals surface area contributed by atoms with E-state index in [4.69, 9.17) is 0 Å². The molecule has 12 aromatic carbocycles. The highest BCUT2D eigenvalue weighted by Gasteiger charge is 2.39. The molecular weight excluding hydrogens is 877 g/mol. The lowest BCUT2D eigenvalue weighted by Gasteiger charge is -2.29. The molecule has 0 N–H and O–H groups in total. The van der Waals surface area contributed by atoms with Crippen LogP contribution in [0.5, 0.6) is 0 Å². The van der Waals surface area contributed by atoms with Crippen LogP contribution in [0.4, 0.5) is 34.1 Å². The van der Waals surface area contributed by atoms with Gasteiger partial charge in [0.25, 0.3) is 0 Å². The van der Waals surface area contributed by atoms with Crippen LogP contribution in [-0.4, -0.2) is 17.2 Å². The minimum Gasteiger partial charge on any atom is -0.310 e. The van der Waals surface area contributed by atoms with Crippen molar-refractivity contribution in [1.29, 1.82) is 0 Å². The monoisotopic (exact) mass is 922 g/mol. The van der Waals surface area contributed by atoms with Crippen LogP contribution in [0.3, 0.4) is 0 Å². The molecule has 0 fully saturated rings. The average Bonchev–Trinajstić information content (AvgIpc) is 4.03. The number of nitrogens with zero attached hydrogens (tertiary/aromatic N) is 4. The number of hydrogen-bond donors (Lipinski definition) is 0. The van der Waals surface area contributed by atoms with E-state index in [-0.39, 0.29) is 0 Å². The quantitative estimate of drug-likeness (QED) is 0.112. The summed E-state index contributed by atoms with van der Waals surface area (Å²) in [6.07, 6.45) is 0. The van der Waals surface area contributed by atoms with Crippen LogP contribution < -0.4 is 20.2 Å². The van der Waals surface area contributed by atoms with Crippen molar-refractivity contribution >= 4 is 118 Å². The van der Waals surface area contributed by atoms with Crippen LogP contribution in [0.25, 0.3) is 87.7 Å². The van der Waals surface area contributed by atoms with Crippen molar-refractivity contribution in [3.63, 3.8) is 0 Å². The normalized spacial score (nSPS) is 13.0. The molecule has 0 radical (unpaired) electrons. The summed E-state index contributed by atoms with van der Waals surface area (Å²) in [6.45, 7) is 5.09. The Morgan fingerprint density at radius 1 is 0.310 bits per heavy atom. The number of hydrogen-bond acceptors (Lipinski definition) is 2. The lowest BCUT2D eigenvalue weighted by Crippen LogP contribution is -2.49. The first-order valence-corrected chi connectivity index (χ1v) is 27.7. The zero-order valence-electron chi connectivity index (χ0n) is 39.4. The van der Waals surface area contributed by atoms with Crippen LogP contribution in [0.15, 0.2) is 243 Å². The molecule has 0 saturated carbocycles. The first kappa shape index (κ1) is 40.0. The standard InChI is InChI=1S/C66H46N4Si/c1-71(2)61-41-49(67(45-19-7-3-8-20-45)55-37-39-59-65-53(55)33-29-43-17-15-27-57(63(43)65)69(59)47-23-11-5-12-24-47)31-35-51(61)52-36-32-50(42-62(52)71)68(46-21-9-4-10-22-46)56-38-40-60-66-54(56)34-30-44-18-16-28-58(64(44)66)70(60)48-25-13-6-14-26-48/h3-42H,1-2H3. The fraction of sp³-hybridized carbons (Fsp3) is 0.0303. The second-order valence-electron chi connectivity index (χ2n) is 19.7. The smallest absolute Gasteiger partial charge is 0.114 e. The summed E-state index contributed by atoms with van der Waals surface area (Å²) in [7, 11) is -2.28. The van der Waals surface area contributed by atoms with Gasteiger partial charge in [-0.15, -0.1) is 0 Å². The minimum absolute atomic E-state index is 1.14. The summed E-state index contributed by atoms with van der Waals surface area (Å²) in [5.74, 6) is 0. The Bertz CT molecular complexity index is 4080. The number of benzene rings is 12. The molecule has 3 heterocycles. The molecule has 0 bridgehead atoms. The van der Waals surface area contributed by atoms with Gasteiger partial charge in [-0.05, 0) is 141 Å². The topological polar surface area (TPSA) is 16.3 Å². The zero-order chi connectivity index (χ0) is 47.0. The van der Waals surface area contributed by atoms with Gasteiger partial charge in [-0.2, -0.15) is 0 Å². The minimum atomic E-state index is -2.28. The second kappa shape index (κ2) is 15.0. The number of fused-ring (bicyclic) bond motifs is 3. The Morgan fingerprint density at radius 2 is 0.704 bits per heavy atom. The van der Waals surface area contributed by atoms with Crippen molar-refractivity contribution in [2.45, 2.75) is 13.1 Å². The van der Waals surface area contributed by atoms with Crippen LogP contribution in [-0.2, 0) is 0 Å². The van der Waals surface area contributed by atoms with E-state index in [2.05, 4.69) is 275 Å². The van der Waals surface area contributed by atoms with E-state index in [0.29, 0.717) is 0 Å². The molecule has 0 unspecified atom stereocenters. The van der Waals surface area contributed by atoms with E-state index < -0.39 is 8.07 Å². The molecule has 2 aromatic heterocycles. The van der Waals surface area contributed by atoms with Crippen molar-refractivity contribution in [1.82, 2.24) is 9.13 Å². The molecule has 4 nitrogen and oxygen atoms in total. The first-order valence-electron chi connectivity index (χ1n) is 24.7. The molecule has 0 aliphatic carbocycles.